The molecule has 1 spiro atoms. The third-order valence-electron chi connectivity index (χ3n) is 11.6. The Labute approximate surface area is 333 Å². The molecular formula is C47H57NO7S. The molecule has 4 aromatic rings. The summed E-state index contributed by atoms with van der Waals surface area (Å²) < 4.78 is 49.5. The van der Waals surface area contributed by atoms with Crippen LogP contribution in [0.15, 0.2) is 108 Å². The first kappa shape index (κ1) is 41.2. The molecule has 2 aliphatic heterocycles. The lowest BCUT2D eigenvalue weighted by molar-refractivity contribution is -0.166. The number of nitrogens with zero attached hydrogens (tertiary/aromatic N) is 1. The van der Waals surface area contributed by atoms with Crippen molar-refractivity contribution in [3.8, 4) is 17.2 Å². The molecule has 2 saturated heterocycles. The van der Waals surface area contributed by atoms with Crippen molar-refractivity contribution in [1.29, 1.82) is 0 Å². The number of hydrogen-bond acceptors (Lipinski definition) is 6. The van der Waals surface area contributed by atoms with E-state index in [4.69, 9.17) is 14.2 Å². The molecule has 0 aliphatic carbocycles. The number of carboxylic acid groups (broad SMARTS) is 1. The molecule has 56 heavy (non-hydrogen) atoms. The number of carbonyl (C=O) groups is 1. The van der Waals surface area contributed by atoms with E-state index in [0.717, 1.165) is 40.0 Å². The zero-order valence-electron chi connectivity index (χ0n) is 33.9. The fourth-order valence-corrected chi connectivity index (χ4v) is 9.74. The molecule has 298 valence electrons. The quantitative estimate of drug-likeness (QED) is 0.143. The maximum Gasteiger partial charge on any atom is 0.341 e. The van der Waals surface area contributed by atoms with Crippen molar-refractivity contribution in [3.05, 3.63) is 131 Å². The van der Waals surface area contributed by atoms with E-state index in [1.165, 1.54) is 0 Å². The van der Waals surface area contributed by atoms with Gasteiger partial charge < -0.3 is 19.3 Å². The van der Waals surface area contributed by atoms with Crippen LogP contribution >= 0.6 is 0 Å². The predicted molar refractivity (Wildman–Crippen MR) is 221 cm³/mol. The van der Waals surface area contributed by atoms with Crippen LogP contribution in [-0.4, -0.2) is 49.6 Å². The van der Waals surface area contributed by atoms with Crippen LogP contribution in [0.25, 0.3) is 0 Å². The second-order valence-electron chi connectivity index (χ2n) is 17.1. The smallest absolute Gasteiger partial charge is 0.341 e. The standard InChI is InChI=1S/C47H57NO7S/c1-31(2)38-20-14-33(5)26-42(38)54-36-17-21-41(53-30-44(49)50)39(28-36)45-40(32(3)4)29-47(43(55-45)27-34-12-10-9-11-13-34)22-24-48(25-23-47)56(51,52)37-18-15-35(16-19-37)46(6,7)8/h9-21,26,28,31,40,43,45H,3,22-25,27,29-30H2,1-2,4-8H3,(H,49,50)/t40-,43+,45-/m0/s1. The van der Waals surface area contributed by atoms with Crippen molar-refractivity contribution in [2.75, 3.05) is 19.7 Å². The van der Waals surface area contributed by atoms with E-state index in [1.54, 1.807) is 22.5 Å². The largest absolute Gasteiger partial charge is 0.482 e. The minimum Gasteiger partial charge on any atom is -0.482 e. The first-order valence-electron chi connectivity index (χ1n) is 19.7. The maximum absolute atomic E-state index is 14.0. The second kappa shape index (κ2) is 16.6. The van der Waals surface area contributed by atoms with E-state index in [9.17, 15) is 18.3 Å². The molecule has 0 radical (unpaired) electrons. The van der Waals surface area contributed by atoms with Crippen LogP contribution in [-0.2, 0) is 31.4 Å². The van der Waals surface area contributed by atoms with Crippen molar-refractivity contribution in [1.82, 2.24) is 4.31 Å². The average Bonchev–Trinajstić information content (AvgIpc) is 3.15. The van der Waals surface area contributed by atoms with Crippen LogP contribution in [0.1, 0.15) is 101 Å². The van der Waals surface area contributed by atoms with Gasteiger partial charge in [0.25, 0.3) is 0 Å². The highest BCUT2D eigenvalue weighted by molar-refractivity contribution is 7.89. The van der Waals surface area contributed by atoms with Gasteiger partial charge in [-0.05, 0) is 110 Å². The zero-order chi connectivity index (χ0) is 40.4. The Morgan fingerprint density at radius 1 is 0.964 bits per heavy atom. The summed E-state index contributed by atoms with van der Waals surface area (Å²) in [5, 5.41) is 9.60. The molecule has 1 N–H and O–H groups in total. The van der Waals surface area contributed by atoms with E-state index in [-0.39, 0.29) is 28.8 Å². The highest BCUT2D eigenvalue weighted by Gasteiger charge is 2.52. The van der Waals surface area contributed by atoms with Crippen molar-refractivity contribution in [3.63, 3.8) is 0 Å². The van der Waals surface area contributed by atoms with E-state index in [0.29, 0.717) is 54.3 Å². The molecule has 0 aromatic heterocycles. The minimum atomic E-state index is -3.70. The van der Waals surface area contributed by atoms with Gasteiger partial charge in [-0.15, -0.1) is 0 Å². The second-order valence-corrected chi connectivity index (χ2v) is 19.1. The SMILES string of the molecule is C=C(C)[C@@H]1CC2(CCN(S(=O)(=O)c3ccc(C(C)(C)C)cc3)CC2)[C@@H](Cc2ccccc2)O[C@H]1c1cc(Oc2cc(C)ccc2C(C)C)ccc1OCC(=O)O. The van der Waals surface area contributed by atoms with Crippen LogP contribution in [0.2, 0.25) is 0 Å². The Morgan fingerprint density at radius 3 is 2.25 bits per heavy atom. The number of carboxylic acids is 1. The van der Waals surface area contributed by atoms with Crippen LogP contribution in [0.5, 0.6) is 17.2 Å². The number of sulfonamides is 1. The number of hydrogen-bond donors (Lipinski definition) is 1. The molecule has 2 fully saturated rings. The number of benzene rings is 4. The third kappa shape index (κ3) is 9.06. The lowest BCUT2D eigenvalue weighted by atomic mass is 9.63. The Balaban J connectivity index is 1.35. The molecule has 6 rings (SSSR count). The summed E-state index contributed by atoms with van der Waals surface area (Å²) in [6.07, 6.45) is 1.79. The molecule has 0 bridgehead atoms. The monoisotopic (exact) mass is 779 g/mol. The lowest BCUT2D eigenvalue weighted by Gasteiger charge is -2.53. The fourth-order valence-electron chi connectivity index (χ4n) is 8.30. The molecule has 3 atom stereocenters. The first-order chi connectivity index (χ1) is 26.5. The van der Waals surface area contributed by atoms with Crippen LogP contribution in [0.3, 0.4) is 0 Å². The maximum atomic E-state index is 14.0. The van der Waals surface area contributed by atoms with Crippen LogP contribution < -0.4 is 9.47 Å². The molecule has 4 aromatic carbocycles. The van der Waals surface area contributed by atoms with E-state index in [1.807, 2.05) is 62.4 Å². The van der Waals surface area contributed by atoms with Crippen molar-refractivity contribution in [2.45, 2.75) is 103 Å². The van der Waals surface area contributed by atoms with Gasteiger partial charge in [0.05, 0.1) is 17.1 Å². The van der Waals surface area contributed by atoms with Gasteiger partial charge >= 0.3 is 5.97 Å². The van der Waals surface area contributed by atoms with Crippen molar-refractivity contribution in [2.24, 2.45) is 11.3 Å². The van der Waals surface area contributed by atoms with E-state index >= 15 is 0 Å². The summed E-state index contributed by atoms with van der Waals surface area (Å²) >= 11 is 0. The molecule has 0 unspecified atom stereocenters. The molecule has 0 amide bonds. The molecule has 2 heterocycles. The summed E-state index contributed by atoms with van der Waals surface area (Å²) in [6.45, 7) is 19.3. The number of rotatable bonds is 12. The van der Waals surface area contributed by atoms with E-state index in [2.05, 4.69) is 65.5 Å². The molecular weight excluding hydrogens is 723 g/mol. The van der Waals surface area contributed by atoms with Gasteiger partial charge in [0, 0.05) is 30.0 Å². The van der Waals surface area contributed by atoms with Gasteiger partial charge in [-0.25, -0.2) is 13.2 Å². The van der Waals surface area contributed by atoms with E-state index < -0.39 is 28.7 Å². The average molecular weight is 780 g/mol. The van der Waals surface area contributed by atoms with Gasteiger partial charge in [-0.1, -0.05) is 101 Å². The molecule has 2 aliphatic rings. The van der Waals surface area contributed by atoms with Crippen molar-refractivity contribution >= 4 is 16.0 Å². The van der Waals surface area contributed by atoms with Gasteiger partial charge in [0.2, 0.25) is 10.0 Å². The molecule has 9 heteroatoms. The first-order valence-corrected chi connectivity index (χ1v) is 21.1. The Kier molecular flexibility index (Phi) is 12.2. The number of aryl methyl sites for hydroxylation is 1. The highest BCUT2D eigenvalue weighted by atomic mass is 32.2. The van der Waals surface area contributed by atoms with Crippen molar-refractivity contribution < 1.29 is 32.5 Å². The Morgan fingerprint density at radius 2 is 1.64 bits per heavy atom. The summed E-state index contributed by atoms with van der Waals surface area (Å²) in [7, 11) is -3.70. The Bertz CT molecular complexity index is 2130. The number of aliphatic carboxylic acids is 1. The normalized spacial score (nSPS) is 20.2. The van der Waals surface area contributed by atoms with Gasteiger partial charge in [0.15, 0.2) is 6.61 Å². The summed E-state index contributed by atoms with van der Waals surface area (Å²) in [6, 6.07) is 29.2. The minimum absolute atomic E-state index is 0.0813. The summed E-state index contributed by atoms with van der Waals surface area (Å²) in [4.78, 5) is 12.0. The summed E-state index contributed by atoms with van der Waals surface area (Å²) in [5.74, 6) is 0.765. The van der Waals surface area contributed by atoms with Crippen LogP contribution in [0.4, 0.5) is 0 Å². The van der Waals surface area contributed by atoms with Gasteiger partial charge in [-0.3, -0.25) is 0 Å². The van der Waals surface area contributed by atoms with Gasteiger partial charge in [-0.2, -0.15) is 4.31 Å². The Hall–Kier alpha value is -4.44. The highest BCUT2D eigenvalue weighted by Crippen LogP contribution is 2.55. The number of ether oxygens (including phenoxy) is 3. The number of piperidine rings is 1. The van der Waals surface area contributed by atoms with Gasteiger partial charge in [0.1, 0.15) is 17.2 Å². The summed E-state index contributed by atoms with van der Waals surface area (Å²) in [5.41, 5.74) is 5.57. The molecule has 0 saturated carbocycles. The fraction of sp³-hybridized carbons (Fsp3) is 0.426. The third-order valence-corrected chi connectivity index (χ3v) is 13.5. The van der Waals surface area contributed by atoms with Crippen LogP contribution in [0, 0.1) is 18.3 Å². The predicted octanol–water partition coefficient (Wildman–Crippen LogP) is 10.4. The lowest BCUT2D eigenvalue weighted by Crippen LogP contribution is -2.53. The topological polar surface area (TPSA) is 102 Å². The zero-order valence-corrected chi connectivity index (χ0v) is 34.7. The molecule has 8 nitrogen and oxygen atoms in total.